The van der Waals surface area contributed by atoms with Gasteiger partial charge in [-0.2, -0.15) is 0 Å². The van der Waals surface area contributed by atoms with Crippen molar-refractivity contribution in [3.63, 3.8) is 0 Å². The maximum absolute atomic E-state index is 2.39. The third-order valence-electron chi connectivity index (χ3n) is 9.26. The molecule has 8 rings (SSSR count). The first kappa shape index (κ1) is 33.2. The van der Waals surface area contributed by atoms with Crippen molar-refractivity contribution in [1.29, 1.82) is 0 Å². The van der Waals surface area contributed by atoms with Crippen molar-refractivity contribution in [3.05, 3.63) is 120 Å². The Morgan fingerprint density at radius 3 is 1.28 bits per heavy atom. The van der Waals surface area contributed by atoms with Crippen LogP contribution in [0.3, 0.4) is 0 Å². The van der Waals surface area contributed by atoms with Crippen LogP contribution in [0.1, 0.15) is 91.2 Å². The molecule has 236 valence electrons. The first-order valence-corrected chi connectivity index (χ1v) is 18.1. The van der Waals surface area contributed by atoms with Crippen molar-refractivity contribution < 1.29 is 0 Å². The van der Waals surface area contributed by atoms with Crippen molar-refractivity contribution in [2.45, 2.75) is 92.9 Å². The van der Waals surface area contributed by atoms with Gasteiger partial charge in [0, 0.05) is 0 Å². The average Bonchev–Trinajstić information content (AvgIpc) is 3.12. The Kier molecular flexibility index (Phi) is 11.5. The van der Waals surface area contributed by atoms with E-state index in [1.54, 1.807) is 0 Å². The van der Waals surface area contributed by atoms with Crippen LogP contribution in [-0.2, 0) is 12.8 Å². The van der Waals surface area contributed by atoms with Gasteiger partial charge in [-0.1, -0.05) is 176 Å². The van der Waals surface area contributed by atoms with Crippen molar-refractivity contribution >= 4 is 64.6 Å². The molecule has 0 unspecified atom stereocenters. The summed E-state index contributed by atoms with van der Waals surface area (Å²) in [5.41, 5.74) is 2.99. The summed E-state index contributed by atoms with van der Waals surface area (Å²) in [5.74, 6) is 0. The van der Waals surface area contributed by atoms with Crippen LogP contribution >= 0.6 is 0 Å². The second-order valence-corrected chi connectivity index (χ2v) is 12.1. The van der Waals surface area contributed by atoms with Crippen LogP contribution in [0.15, 0.2) is 109 Å². The second-order valence-electron chi connectivity index (χ2n) is 12.1. The number of rotatable bonds is 8. The van der Waals surface area contributed by atoms with Crippen LogP contribution in [0.5, 0.6) is 0 Å². The van der Waals surface area contributed by atoms with E-state index in [-0.39, 0.29) is 0 Å². The maximum atomic E-state index is 2.39. The van der Waals surface area contributed by atoms with Gasteiger partial charge < -0.3 is 0 Å². The lowest BCUT2D eigenvalue weighted by Crippen LogP contribution is -1.90. The smallest absolute Gasteiger partial charge is 0.00240 e. The molecular weight excluding hydrogens is 553 g/mol. The molecule has 0 nitrogen and oxygen atoms in total. The molecule has 0 saturated heterocycles. The molecule has 0 bridgehead atoms. The van der Waals surface area contributed by atoms with E-state index in [9.17, 15) is 0 Å². The van der Waals surface area contributed by atoms with Crippen molar-refractivity contribution in [2.75, 3.05) is 0 Å². The van der Waals surface area contributed by atoms with Gasteiger partial charge in [0.2, 0.25) is 0 Å². The summed E-state index contributed by atoms with van der Waals surface area (Å²) in [5, 5.41) is 16.8. The maximum Gasteiger partial charge on any atom is -0.00240 e. The Morgan fingerprint density at radius 1 is 0.370 bits per heavy atom. The van der Waals surface area contributed by atoms with Crippen LogP contribution < -0.4 is 0 Å². The molecule has 0 heteroatoms. The van der Waals surface area contributed by atoms with Gasteiger partial charge in [0.05, 0.1) is 0 Å². The Balaban J connectivity index is 0.000000164. The summed E-state index contributed by atoms with van der Waals surface area (Å²) in [7, 11) is 0. The largest absolute Gasteiger partial charge is 0.0683 e. The zero-order chi connectivity index (χ0) is 32.5. The minimum Gasteiger partial charge on any atom is -0.0683 e. The molecule has 0 heterocycles. The van der Waals surface area contributed by atoms with Crippen LogP contribution in [0.4, 0.5) is 0 Å². The minimum atomic E-state index is 1.20. The van der Waals surface area contributed by atoms with Crippen molar-refractivity contribution in [2.24, 2.45) is 0 Å². The molecule has 0 radical (unpaired) electrons. The summed E-state index contributed by atoms with van der Waals surface area (Å²) in [6.07, 6.45) is 10.2. The third-order valence-corrected chi connectivity index (χ3v) is 9.26. The molecule has 0 aliphatic rings. The van der Waals surface area contributed by atoms with E-state index >= 15 is 0 Å². The standard InChI is InChI=1S/2C21H20.2C2H6/c1-2-3-4-6-15-13-18-11-9-16-7-5-8-17-10-12-19(14-15)21(18)20(16)17;1-2-3-4-6-15-9-10-18-12-11-16-7-5-8-17-13-14-19(15)21(18)20(16)17;2*1-2/h2*5,7-14H,2-4,6H2,1H3;2*1-2H3. The third kappa shape index (κ3) is 6.68. The lowest BCUT2D eigenvalue weighted by Gasteiger charge is -2.13. The molecule has 46 heavy (non-hydrogen) atoms. The molecule has 0 aliphatic heterocycles. The number of hydrogen-bond acceptors (Lipinski definition) is 0. The van der Waals surface area contributed by atoms with Gasteiger partial charge in [-0.15, -0.1) is 0 Å². The number of benzene rings is 8. The van der Waals surface area contributed by atoms with Gasteiger partial charge in [-0.25, -0.2) is 0 Å². The second kappa shape index (κ2) is 15.9. The molecule has 0 amide bonds. The fourth-order valence-electron chi connectivity index (χ4n) is 7.12. The van der Waals surface area contributed by atoms with Gasteiger partial charge in [-0.3, -0.25) is 0 Å². The molecular formula is C46H52. The number of hydrogen-bond donors (Lipinski definition) is 0. The van der Waals surface area contributed by atoms with Crippen LogP contribution in [0.25, 0.3) is 64.6 Å². The predicted molar refractivity (Wildman–Crippen MR) is 209 cm³/mol. The highest BCUT2D eigenvalue weighted by atomic mass is 14.1. The first-order chi connectivity index (χ1) is 22.7. The average molecular weight is 605 g/mol. The quantitative estimate of drug-likeness (QED) is 0.120. The monoisotopic (exact) mass is 604 g/mol. The van der Waals surface area contributed by atoms with E-state index in [0.717, 1.165) is 0 Å². The Hall–Kier alpha value is -4.16. The van der Waals surface area contributed by atoms with E-state index in [0.29, 0.717) is 0 Å². The predicted octanol–water partition coefficient (Wildman–Crippen LogP) is 14.7. The molecule has 8 aromatic rings. The number of aryl methyl sites for hydroxylation is 2. The fraction of sp³-hybridized carbons (Fsp3) is 0.304. The molecule has 0 N–H and O–H groups in total. The molecule has 0 atom stereocenters. The Labute approximate surface area is 277 Å². The number of unbranched alkanes of at least 4 members (excludes halogenated alkanes) is 4. The highest BCUT2D eigenvalue weighted by Gasteiger charge is 2.11. The van der Waals surface area contributed by atoms with Crippen molar-refractivity contribution in [1.82, 2.24) is 0 Å². The Morgan fingerprint density at radius 2 is 0.761 bits per heavy atom. The van der Waals surface area contributed by atoms with Crippen molar-refractivity contribution in [3.8, 4) is 0 Å². The van der Waals surface area contributed by atoms with E-state index in [1.165, 1.54) is 127 Å². The lowest BCUT2D eigenvalue weighted by atomic mass is 9.90. The first-order valence-electron chi connectivity index (χ1n) is 18.1. The van der Waals surface area contributed by atoms with Gasteiger partial charge >= 0.3 is 0 Å². The minimum absolute atomic E-state index is 1.20. The lowest BCUT2D eigenvalue weighted by molar-refractivity contribution is 0.718. The Bertz CT molecular complexity index is 2030. The van der Waals surface area contributed by atoms with Gasteiger partial charge in [0.1, 0.15) is 0 Å². The van der Waals surface area contributed by atoms with Gasteiger partial charge in [0.25, 0.3) is 0 Å². The summed E-state index contributed by atoms with van der Waals surface area (Å²) in [6.45, 7) is 12.5. The molecule has 0 fully saturated rings. The van der Waals surface area contributed by atoms with E-state index in [1.807, 2.05) is 27.7 Å². The molecule has 0 saturated carbocycles. The van der Waals surface area contributed by atoms with Gasteiger partial charge in [0.15, 0.2) is 0 Å². The van der Waals surface area contributed by atoms with Crippen LogP contribution in [0, 0.1) is 0 Å². The molecule has 0 aliphatic carbocycles. The fourth-order valence-corrected chi connectivity index (χ4v) is 7.12. The summed E-state index contributed by atoms with van der Waals surface area (Å²) in [4.78, 5) is 0. The molecule has 8 aromatic carbocycles. The highest BCUT2D eigenvalue weighted by molar-refractivity contribution is 6.24. The van der Waals surface area contributed by atoms with E-state index < -0.39 is 0 Å². The van der Waals surface area contributed by atoms with Crippen LogP contribution in [0.2, 0.25) is 0 Å². The van der Waals surface area contributed by atoms with E-state index in [2.05, 4.69) is 123 Å². The van der Waals surface area contributed by atoms with Gasteiger partial charge in [-0.05, 0) is 101 Å². The topological polar surface area (TPSA) is 0 Å². The zero-order valence-electron chi connectivity index (χ0n) is 29.0. The van der Waals surface area contributed by atoms with E-state index in [4.69, 9.17) is 0 Å². The molecule has 0 spiro atoms. The SMILES string of the molecule is CC.CC.CCCCCc1cc2ccc3cccc4ccc(c1)c2c34.CCCCCc1ccc2ccc3cccc4ccc1c2c34. The summed E-state index contributed by atoms with van der Waals surface area (Å²) < 4.78 is 0. The van der Waals surface area contributed by atoms with Crippen LogP contribution in [-0.4, -0.2) is 0 Å². The normalized spacial score (nSPS) is 11.1. The summed E-state index contributed by atoms with van der Waals surface area (Å²) in [6, 6.07) is 40.8. The highest BCUT2D eigenvalue weighted by Crippen LogP contribution is 2.37. The summed E-state index contributed by atoms with van der Waals surface area (Å²) >= 11 is 0. The molecule has 0 aromatic heterocycles. The zero-order valence-corrected chi connectivity index (χ0v) is 29.0.